The van der Waals surface area contributed by atoms with Crippen LogP contribution in [-0.2, 0) is 9.53 Å². The summed E-state index contributed by atoms with van der Waals surface area (Å²) in [5.74, 6) is 0.101. The van der Waals surface area contributed by atoms with Crippen LogP contribution in [0.25, 0.3) is 0 Å². The van der Waals surface area contributed by atoms with Crippen molar-refractivity contribution in [2.45, 2.75) is 44.5 Å². The highest BCUT2D eigenvalue weighted by Crippen LogP contribution is 2.21. The molecule has 0 spiro atoms. The van der Waals surface area contributed by atoms with Crippen molar-refractivity contribution >= 4 is 5.91 Å². The monoisotopic (exact) mass is 285 g/mol. The Bertz CT molecular complexity index is 335. The molecule has 1 amide bonds. The lowest BCUT2D eigenvalue weighted by Gasteiger charge is -2.38. The molecule has 20 heavy (non-hydrogen) atoms. The minimum absolute atomic E-state index is 0.0421. The summed E-state index contributed by atoms with van der Waals surface area (Å²) in [5, 5.41) is 9.82. The molecule has 2 saturated heterocycles. The molecule has 0 aromatic heterocycles. The van der Waals surface area contributed by atoms with E-state index in [2.05, 4.69) is 4.90 Å². The van der Waals surface area contributed by atoms with Crippen molar-refractivity contribution in [2.24, 2.45) is 5.73 Å². The quantitative estimate of drug-likeness (QED) is 0.722. The van der Waals surface area contributed by atoms with Gasteiger partial charge in [0.15, 0.2) is 0 Å². The predicted molar refractivity (Wildman–Crippen MR) is 76.3 cm³/mol. The maximum absolute atomic E-state index is 12.3. The van der Waals surface area contributed by atoms with Gasteiger partial charge in [-0.2, -0.15) is 0 Å². The smallest absolute Gasteiger partial charge is 0.251 e. The minimum atomic E-state index is -0.685. The van der Waals surface area contributed by atoms with Crippen LogP contribution in [0.1, 0.15) is 26.7 Å². The Morgan fingerprint density at radius 1 is 1.30 bits per heavy atom. The van der Waals surface area contributed by atoms with E-state index in [-0.39, 0.29) is 18.1 Å². The van der Waals surface area contributed by atoms with E-state index >= 15 is 0 Å². The van der Waals surface area contributed by atoms with E-state index < -0.39 is 5.60 Å². The van der Waals surface area contributed by atoms with Gasteiger partial charge in [0.2, 0.25) is 0 Å². The lowest BCUT2D eigenvalue weighted by atomic mass is 10.1. The molecular weight excluding hydrogens is 258 g/mol. The van der Waals surface area contributed by atoms with E-state index in [9.17, 15) is 9.90 Å². The number of carbonyl (C=O) groups excluding carboxylic acids is 1. The van der Waals surface area contributed by atoms with Gasteiger partial charge in [-0.25, -0.2) is 0 Å². The molecule has 3 N–H and O–H groups in total. The van der Waals surface area contributed by atoms with Crippen LogP contribution in [0.4, 0.5) is 0 Å². The second-order valence-corrected chi connectivity index (χ2v) is 6.47. The molecule has 0 saturated carbocycles. The van der Waals surface area contributed by atoms with Crippen molar-refractivity contribution in [3.05, 3.63) is 0 Å². The van der Waals surface area contributed by atoms with Crippen LogP contribution in [0.2, 0.25) is 0 Å². The molecule has 2 rings (SSSR count). The molecular formula is C14H27N3O3. The van der Waals surface area contributed by atoms with E-state index in [1.165, 1.54) is 0 Å². The number of ether oxygens (including phenoxy) is 1. The zero-order valence-corrected chi connectivity index (χ0v) is 12.5. The Morgan fingerprint density at radius 2 is 1.95 bits per heavy atom. The Kier molecular flexibility index (Phi) is 5.01. The third kappa shape index (κ3) is 4.15. The van der Waals surface area contributed by atoms with Crippen LogP contribution in [0, 0.1) is 0 Å². The fourth-order valence-electron chi connectivity index (χ4n) is 2.94. The largest absolute Gasteiger partial charge is 0.389 e. The summed E-state index contributed by atoms with van der Waals surface area (Å²) >= 11 is 0. The first kappa shape index (κ1) is 15.7. The highest BCUT2D eigenvalue weighted by molar-refractivity contribution is 5.81. The molecule has 0 aromatic carbocycles. The first-order chi connectivity index (χ1) is 9.39. The van der Waals surface area contributed by atoms with Crippen molar-refractivity contribution in [2.75, 3.05) is 39.3 Å². The lowest BCUT2D eigenvalue weighted by molar-refractivity contribution is -0.144. The molecule has 2 unspecified atom stereocenters. The number of carbonyl (C=O) groups is 1. The number of nitrogens with zero attached hydrogens (tertiary/aromatic N) is 2. The third-order valence-electron chi connectivity index (χ3n) is 3.94. The zero-order chi connectivity index (χ0) is 14.8. The number of β-amino-alcohol motifs (C(OH)–C–C–N with tert-alkyl or cyclic N) is 1. The van der Waals surface area contributed by atoms with Gasteiger partial charge in [-0.15, -0.1) is 0 Å². The molecule has 2 heterocycles. The molecule has 6 heteroatoms. The lowest BCUT2D eigenvalue weighted by Crippen LogP contribution is -2.53. The molecule has 2 aliphatic rings. The minimum Gasteiger partial charge on any atom is -0.389 e. The molecule has 0 aliphatic carbocycles. The van der Waals surface area contributed by atoms with Gasteiger partial charge in [0.1, 0.15) is 6.10 Å². The fourth-order valence-corrected chi connectivity index (χ4v) is 2.94. The van der Waals surface area contributed by atoms with E-state index in [1.807, 2.05) is 18.7 Å². The Balaban J connectivity index is 1.77. The molecule has 116 valence electrons. The Morgan fingerprint density at radius 3 is 2.45 bits per heavy atom. The number of hydrogen-bond donors (Lipinski definition) is 2. The summed E-state index contributed by atoms with van der Waals surface area (Å²) in [5.41, 5.74) is 4.89. The van der Waals surface area contributed by atoms with Crippen molar-refractivity contribution in [1.82, 2.24) is 9.80 Å². The highest BCUT2D eigenvalue weighted by Gasteiger charge is 2.34. The number of hydrogen-bond acceptors (Lipinski definition) is 5. The average Bonchev–Trinajstić information content (AvgIpc) is 2.85. The van der Waals surface area contributed by atoms with Crippen LogP contribution in [-0.4, -0.2) is 77.9 Å². The fraction of sp³-hybridized carbons (Fsp3) is 0.929. The molecule has 2 fully saturated rings. The number of piperazine rings is 1. The SMILES string of the molecule is CC(C)(O)CN1CCN(C(=O)C2CCC(CN)O2)CC1. The topological polar surface area (TPSA) is 79.0 Å². The van der Waals surface area contributed by atoms with Gasteiger partial charge in [-0.05, 0) is 26.7 Å². The van der Waals surface area contributed by atoms with Gasteiger partial charge in [-0.1, -0.05) is 0 Å². The van der Waals surface area contributed by atoms with E-state index in [4.69, 9.17) is 10.5 Å². The second kappa shape index (κ2) is 6.39. The average molecular weight is 285 g/mol. The number of aliphatic hydroxyl groups is 1. The van der Waals surface area contributed by atoms with Crippen molar-refractivity contribution in [3.8, 4) is 0 Å². The van der Waals surface area contributed by atoms with Crippen LogP contribution in [0.5, 0.6) is 0 Å². The van der Waals surface area contributed by atoms with Crippen LogP contribution >= 0.6 is 0 Å². The molecule has 0 aromatic rings. The van der Waals surface area contributed by atoms with Crippen molar-refractivity contribution in [1.29, 1.82) is 0 Å². The van der Waals surface area contributed by atoms with Crippen molar-refractivity contribution in [3.63, 3.8) is 0 Å². The molecule has 0 radical (unpaired) electrons. The summed E-state index contributed by atoms with van der Waals surface area (Å²) in [6.45, 7) is 7.79. The van der Waals surface area contributed by atoms with Gasteiger partial charge >= 0.3 is 0 Å². The standard InChI is InChI=1S/C14H27N3O3/c1-14(2,19)10-16-5-7-17(8-6-16)13(18)12-4-3-11(9-15)20-12/h11-12,19H,3-10,15H2,1-2H3. The zero-order valence-electron chi connectivity index (χ0n) is 12.5. The molecule has 2 aliphatic heterocycles. The molecule has 0 bridgehead atoms. The molecule has 6 nitrogen and oxygen atoms in total. The first-order valence-electron chi connectivity index (χ1n) is 7.48. The van der Waals surface area contributed by atoms with Crippen LogP contribution in [0.3, 0.4) is 0 Å². The maximum atomic E-state index is 12.3. The van der Waals surface area contributed by atoms with Crippen LogP contribution in [0.15, 0.2) is 0 Å². The summed E-state index contributed by atoms with van der Waals surface area (Å²) in [7, 11) is 0. The summed E-state index contributed by atoms with van der Waals surface area (Å²) in [6, 6.07) is 0. The summed E-state index contributed by atoms with van der Waals surface area (Å²) < 4.78 is 5.66. The highest BCUT2D eigenvalue weighted by atomic mass is 16.5. The normalized spacial score (nSPS) is 28.9. The number of amides is 1. The van der Waals surface area contributed by atoms with Gasteiger partial charge in [0.25, 0.3) is 5.91 Å². The van der Waals surface area contributed by atoms with E-state index in [0.717, 1.165) is 25.9 Å². The number of nitrogens with two attached hydrogens (primary N) is 1. The Labute approximate surface area is 120 Å². The van der Waals surface area contributed by atoms with Crippen LogP contribution < -0.4 is 5.73 Å². The first-order valence-corrected chi connectivity index (χ1v) is 7.48. The van der Waals surface area contributed by atoms with E-state index in [1.54, 1.807) is 0 Å². The van der Waals surface area contributed by atoms with Crippen molar-refractivity contribution < 1.29 is 14.6 Å². The van der Waals surface area contributed by atoms with E-state index in [0.29, 0.717) is 26.2 Å². The predicted octanol–water partition coefficient (Wildman–Crippen LogP) is -0.592. The maximum Gasteiger partial charge on any atom is 0.251 e. The number of rotatable bonds is 4. The van der Waals surface area contributed by atoms with Gasteiger partial charge in [0, 0.05) is 39.3 Å². The third-order valence-corrected chi connectivity index (χ3v) is 3.94. The summed E-state index contributed by atoms with van der Waals surface area (Å²) in [6.07, 6.45) is 1.40. The van der Waals surface area contributed by atoms with Gasteiger partial charge in [-0.3, -0.25) is 9.69 Å². The van der Waals surface area contributed by atoms with Gasteiger partial charge < -0.3 is 20.5 Å². The Hall–Kier alpha value is -0.690. The van der Waals surface area contributed by atoms with Gasteiger partial charge in [0.05, 0.1) is 11.7 Å². The molecule has 2 atom stereocenters. The summed E-state index contributed by atoms with van der Waals surface area (Å²) in [4.78, 5) is 16.4. The second-order valence-electron chi connectivity index (χ2n) is 6.47.